The maximum Gasteiger partial charge on any atom is 0.228 e. The summed E-state index contributed by atoms with van der Waals surface area (Å²) in [6.45, 7) is 1.60. The van der Waals surface area contributed by atoms with Crippen LogP contribution < -0.4 is 10.6 Å². The third-order valence-corrected chi connectivity index (χ3v) is 3.35. The zero-order valence-electron chi connectivity index (χ0n) is 11.3. The van der Waals surface area contributed by atoms with Gasteiger partial charge < -0.3 is 15.4 Å². The van der Waals surface area contributed by atoms with Gasteiger partial charge in [0.1, 0.15) is 5.82 Å². The molecule has 5 heteroatoms. The molecule has 0 unspecified atom stereocenters. The molecule has 0 spiro atoms. The van der Waals surface area contributed by atoms with Crippen LogP contribution in [-0.2, 0) is 9.53 Å². The largest absolute Gasteiger partial charge is 0.385 e. The number of hydrogen-bond donors (Lipinski definition) is 2. The minimum atomic E-state index is 0.0968. The Balaban J connectivity index is 1.75. The fourth-order valence-electron chi connectivity index (χ4n) is 1.92. The normalized spacial score (nSPS) is 14.8. The summed E-state index contributed by atoms with van der Waals surface area (Å²) in [5.74, 6) is 0.910. The van der Waals surface area contributed by atoms with Crippen molar-refractivity contribution in [1.82, 2.24) is 4.98 Å². The molecular formula is C14H21N3O2. The molecule has 1 fully saturated rings. The van der Waals surface area contributed by atoms with Gasteiger partial charge in [-0.1, -0.05) is 6.42 Å². The lowest BCUT2D eigenvalue weighted by Gasteiger charge is -2.23. The number of carbonyl (C=O) groups excluding carboxylic acids is 1. The van der Waals surface area contributed by atoms with Crippen LogP contribution in [-0.4, -0.2) is 31.2 Å². The van der Waals surface area contributed by atoms with Crippen LogP contribution in [0.5, 0.6) is 0 Å². The summed E-state index contributed by atoms with van der Waals surface area (Å²) in [6.07, 6.45) is 5.87. The number of nitrogens with zero attached hydrogens (tertiary/aromatic N) is 1. The fourth-order valence-corrected chi connectivity index (χ4v) is 1.92. The number of methoxy groups -OCH3 is 1. The average molecular weight is 263 g/mol. The van der Waals surface area contributed by atoms with Crippen molar-refractivity contribution < 1.29 is 9.53 Å². The lowest BCUT2D eigenvalue weighted by molar-refractivity contribution is -0.122. The lowest BCUT2D eigenvalue weighted by atomic mass is 9.85. The summed E-state index contributed by atoms with van der Waals surface area (Å²) in [6, 6.07) is 3.76. The molecule has 1 aromatic rings. The van der Waals surface area contributed by atoms with Crippen LogP contribution in [0.3, 0.4) is 0 Å². The highest BCUT2D eigenvalue weighted by molar-refractivity contribution is 5.92. The molecule has 104 valence electrons. The van der Waals surface area contributed by atoms with Gasteiger partial charge >= 0.3 is 0 Å². The van der Waals surface area contributed by atoms with E-state index in [1.165, 1.54) is 0 Å². The molecule has 0 aliphatic heterocycles. The van der Waals surface area contributed by atoms with Gasteiger partial charge in [0, 0.05) is 26.2 Å². The number of hydrogen-bond acceptors (Lipinski definition) is 4. The minimum absolute atomic E-state index is 0.0968. The summed E-state index contributed by atoms with van der Waals surface area (Å²) >= 11 is 0. The van der Waals surface area contributed by atoms with Gasteiger partial charge in [-0.05, 0) is 31.4 Å². The SMILES string of the molecule is COCCCNc1ccc(NC(=O)C2CCC2)nc1. The third kappa shape index (κ3) is 4.21. The van der Waals surface area contributed by atoms with Crippen LogP contribution in [0.4, 0.5) is 11.5 Å². The first-order valence-electron chi connectivity index (χ1n) is 6.79. The van der Waals surface area contributed by atoms with Crippen molar-refractivity contribution in [3.8, 4) is 0 Å². The molecular weight excluding hydrogens is 242 g/mol. The van der Waals surface area contributed by atoms with Crippen LogP contribution in [0.25, 0.3) is 0 Å². The van der Waals surface area contributed by atoms with Crippen LogP contribution >= 0.6 is 0 Å². The highest BCUT2D eigenvalue weighted by atomic mass is 16.5. The summed E-state index contributed by atoms with van der Waals surface area (Å²) in [5.41, 5.74) is 0.956. The standard InChI is InChI=1S/C14H21N3O2/c1-19-9-3-8-15-12-6-7-13(16-10-12)17-14(18)11-4-2-5-11/h6-7,10-11,15H,2-5,8-9H2,1H3,(H,16,17,18). The second-order valence-corrected chi connectivity index (χ2v) is 4.82. The monoisotopic (exact) mass is 263 g/mol. The summed E-state index contributed by atoms with van der Waals surface area (Å²) in [5, 5.41) is 6.10. The zero-order valence-corrected chi connectivity index (χ0v) is 11.3. The fraction of sp³-hybridized carbons (Fsp3) is 0.571. The zero-order chi connectivity index (χ0) is 13.5. The molecule has 5 nitrogen and oxygen atoms in total. The second kappa shape index (κ2) is 7.09. The predicted molar refractivity (Wildman–Crippen MR) is 75.2 cm³/mol. The van der Waals surface area contributed by atoms with Gasteiger partial charge in [-0.2, -0.15) is 0 Å². The van der Waals surface area contributed by atoms with Gasteiger partial charge in [0.15, 0.2) is 0 Å². The molecule has 1 aromatic heterocycles. The van der Waals surface area contributed by atoms with Crippen molar-refractivity contribution in [3.63, 3.8) is 0 Å². The molecule has 1 aliphatic rings. The van der Waals surface area contributed by atoms with Crippen molar-refractivity contribution in [1.29, 1.82) is 0 Å². The van der Waals surface area contributed by atoms with E-state index in [1.807, 2.05) is 12.1 Å². The molecule has 0 bridgehead atoms. The predicted octanol–water partition coefficient (Wildman–Crippen LogP) is 2.27. The molecule has 1 aliphatic carbocycles. The summed E-state index contributed by atoms with van der Waals surface area (Å²) < 4.78 is 4.98. The molecule has 0 aromatic carbocycles. The van der Waals surface area contributed by atoms with E-state index in [4.69, 9.17) is 4.74 Å². The van der Waals surface area contributed by atoms with Gasteiger partial charge in [-0.15, -0.1) is 0 Å². The first kappa shape index (κ1) is 13.8. The van der Waals surface area contributed by atoms with E-state index in [-0.39, 0.29) is 11.8 Å². The molecule has 1 heterocycles. The molecule has 0 radical (unpaired) electrons. The van der Waals surface area contributed by atoms with Crippen LogP contribution in [0.2, 0.25) is 0 Å². The van der Waals surface area contributed by atoms with E-state index in [9.17, 15) is 4.79 Å². The van der Waals surface area contributed by atoms with Gasteiger partial charge in [0.05, 0.1) is 11.9 Å². The highest BCUT2D eigenvalue weighted by Gasteiger charge is 2.25. The highest BCUT2D eigenvalue weighted by Crippen LogP contribution is 2.27. The quantitative estimate of drug-likeness (QED) is 0.741. The number of nitrogens with one attached hydrogen (secondary N) is 2. The smallest absolute Gasteiger partial charge is 0.228 e. The average Bonchev–Trinajstić information content (AvgIpc) is 2.34. The Labute approximate surface area is 113 Å². The summed E-state index contributed by atoms with van der Waals surface area (Å²) in [4.78, 5) is 16.0. The first-order chi connectivity index (χ1) is 9.29. The summed E-state index contributed by atoms with van der Waals surface area (Å²) in [7, 11) is 1.70. The number of amides is 1. The van der Waals surface area contributed by atoms with Gasteiger partial charge in [0.25, 0.3) is 0 Å². The Morgan fingerprint density at radius 3 is 2.89 bits per heavy atom. The Morgan fingerprint density at radius 1 is 1.47 bits per heavy atom. The Kier molecular flexibility index (Phi) is 5.15. The molecule has 2 N–H and O–H groups in total. The number of pyridine rings is 1. The second-order valence-electron chi connectivity index (χ2n) is 4.82. The number of carbonyl (C=O) groups is 1. The first-order valence-corrected chi connectivity index (χ1v) is 6.79. The van der Waals surface area contributed by atoms with E-state index in [0.29, 0.717) is 5.82 Å². The molecule has 19 heavy (non-hydrogen) atoms. The third-order valence-electron chi connectivity index (χ3n) is 3.35. The van der Waals surface area contributed by atoms with Crippen molar-refractivity contribution in [2.75, 3.05) is 30.9 Å². The number of rotatable bonds is 7. The van der Waals surface area contributed by atoms with E-state index < -0.39 is 0 Å². The number of anilines is 2. The maximum atomic E-state index is 11.7. The molecule has 1 saturated carbocycles. The maximum absolute atomic E-state index is 11.7. The Hall–Kier alpha value is -1.62. The van der Waals surface area contributed by atoms with Crippen LogP contribution in [0, 0.1) is 5.92 Å². The van der Waals surface area contributed by atoms with Crippen molar-refractivity contribution in [2.45, 2.75) is 25.7 Å². The minimum Gasteiger partial charge on any atom is -0.385 e. The molecule has 0 saturated heterocycles. The van der Waals surface area contributed by atoms with Gasteiger partial charge in [-0.25, -0.2) is 4.98 Å². The number of aromatic nitrogens is 1. The Morgan fingerprint density at radius 2 is 2.32 bits per heavy atom. The van der Waals surface area contributed by atoms with Crippen molar-refractivity contribution in [2.24, 2.45) is 5.92 Å². The van der Waals surface area contributed by atoms with E-state index >= 15 is 0 Å². The van der Waals surface area contributed by atoms with Crippen LogP contribution in [0.1, 0.15) is 25.7 Å². The molecule has 2 rings (SSSR count). The number of ether oxygens (including phenoxy) is 1. The van der Waals surface area contributed by atoms with Gasteiger partial charge in [0.2, 0.25) is 5.91 Å². The van der Waals surface area contributed by atoms with Crippen molar-refractivity contribution >= 4 is 17.4 Å². The van der Waals surface area contributed by atoms with E-state index in [1.54, 1.807) is 13.3 Å². The molecule has 1 amide bonds. The van der Waals surface area contributed by atoms with Gasteiger partial charge in [-0.3, -0.25) is 4.79 Å². The lowest BCUT2D eigenvalue weighted by Crippen LogP contribution is -2.28. The van der Waals surface area contributed by atoms with Crippen LogP contribution in [0.15, 0.2) is 18.3 Å². The van der Waals surface area contributed by atoms with Crippen molar-refractivity contribution in [3.05, 3.63) is 18.3 Å². The van der Waals surface area contributed by atoms with E-state index in [2.05, 4.69) is 15.6 Å². The van der Waals surface area contributed by atoms with E-state index in [0.717, 1.165) is 44.5 Å². The molecule has 0 atom stereocenters. The topological polar surface area (TPSA) is 63.2 Å². The Bertz CT molecular complexity index is 402.